The lowest BCUT2D eigenvalue weighted by Gasteiger charge is -2.21. The Morgan fingerprint density at radius 3 is 0.886 bits per heavy atom. The highest BCUT2D eigenvalue weighted by Crippen LogP contribution is 2.49. The normalized spacial score (nSPS) is 11.2. The topological polar surface area (TPSA) is 14.8 Å². The molecule has 0 saturated carbocycles. The van der Waals surface area contributed by atoms with E-state index in [0.717, 1.165) is 38.5 Å². The van der Waals surface area contributed by atoms with Gasteiger partial charge in [0.15, 0.2) is 0 Å². The van der Waals surface area contributed by atoms with E-state index < -0.39 is 0 Å². The zero-order valence-electron chi connectivity index (χ0n) is 68.6. The summed E-state index contributed by atoms with van der Waals surface area (Å²) in [6.45, 7) is 48.0. The van der Waals surface area contributed by atoms with E-state index in [0.29, 0.717) is 0 Å². The van der Waals surface area contributed by atoms with Crippen LogP contribution in [0.15, 0.2) is 237 Å². The molecule has 0 unspecified atom stereocenters. The van der Waals surface area contributed by atoms with E-state index in [9.17, 15) is 0 Å². The molecular formula is C102H123N3. The van der Waals surface area contributed by atoms with E-state index in [1.807, 2.05) is 166 Å². The average Bonchev–Trinajstić information content (AvgIpc) is 1.57. The molecule has 0 atom stereocenters. The molecule has 0 bridgehead atoms. The van der Waals surface area contributed by atoms with Crippen molar-refractivity contribution in [2.24, 2.45) is 0 Å². The fourth-order valence-corrected chi connectivity index (χ4v) is 15.8. The van der Waals surface area contributed by atoms with Crippen molar-refractivity contribution in [3.8, 4) is 50.4 Å². The quantitative estimate of drug-likeness (QED) is 0.144. The molecule has 0 saturated heterocycles. The fraction of sp³-hybridized carbons (Fsp3) is 0.294. The van der Waals surface area contributed by atoms with Crippen LogP contribution in [0.2, 0.25) is 0 Å². The SMILES string of the molecule is CC.CC.CC.CC.CC.CC.CC.CC.CC.CC.CC.CC.c1ccc2c(c1)Cc1c-2ccc2c3cccc4c3n(c12)-c1ccccc1C4.c1ccc2c(c1)Cc1cc3c(cc1-2)c1cccc2c1n3-c1ccccc1C2.c1ccc2c(c1)Cc1cc3c4cccc5c4n(c3cc1-2)-c1ccccc1C5. The number of rotatable bonds is 0. The predicted octanol–water partition coefficient (Wildman–Crippen LogP) is 31.1. The zero-order chi connectivity index (χ0) is 76.6. The van der Waals surface area contributed by atoms with Crippen LogP contribution in [0.4, 0.5) is 0 Å². The number of aromatic nitrogens is 3. The summed E-state index contributed by atoms with van der Waals surface area (Å²) in [5.41, 5.74) is 38.0. The van der Waals surface area contributed by atoms with E-state index in [1.165, 1.54) is 183 Å². The molecule has 0 N–H and O–H groups in total. The van der Waals surface area contributed by atoms with Gasteiger partial charge in [-0.05, 0) is 155 Å². The van der Waals surface area contributed by atoms with Crippen molar-refractivity contribution < 1.29 is 0 Å². The van der Waals surface area contributed by atoms with Gasteiger partial charge >= 0.3 is 0 Å². The Morgan fingerprint density at radius 2 is 0.457 bits per heavy atom. The van der Waals surface area contributed by atoms with Gasteiger partial charge in [0.25, 0.3) is 0 Å². The molecule has 6 aliphatic rings. The van der Waals surface area contributed by atoms with Gasteiger partial charge in [-0.2, -0.15) is 0 Å². The maximum atomic E-state index is 2.55. The molecule has 3 nitrogen and oxygen atoms in total. The van der Waals surface area contributed by atoms with E-state index in [1.54, 1.807) is 0 Å². The van der Waals surface area contributed by atoms with E-state index in [4.69, 9.17) is 0 Å². The summed E-state index contributed by atoms with van der Waals surface area (Å²) in [6, 6.07) is 88.0. The molecule has 0 fully saturated rings. The molecule has 0 amide bonds. The van der Waals surface area contributed by atoms with Gasteiger partial charge in [-0.3, -0.25) is 0 Å². The first kappa shape index (κ1) is 82.3. The van der Waals surface area contributed by atoms with Crippen LogP contribution in [-0.2, 0) is 38.5 Å². The second-order valence-electron chi connectivity index (χ2n) is 23.4. The Morgan fingerprint density at radius 1 is 0.171 bits per heavy atom. The van der Waals surface area contributed by atoms with Gasteiger partial charge in [0.1, 0.15) is 0 Å². The molecule has 6 heterocycles. The third kappa shape index (κ3) is 14.9. The van der Waals surface area contributed by atoms with Gasteiger partial charge in [0, 0.05) is 75.1 Å². The Bertz CT molecular complexity index is 5270. The summed E-state index contributed by atoms with van der Waals surface area (Å²) in [6.07, 6.45) is 6.17. The minimum Gasteiger partial charge on any atom is -0.309 e. The van der Waals surface area contributed by atoms with Crippen LogP contribution in [0.3, 0.4) is 0 Å². The van der Waals surface area contributed by atoms with E-state index >= 15 is 0 Å². The van der Waals surface area contributed by atoms with Gasteiger partial charge in [-0.15, -0.1) is 0 Å². The van der Waals surface area contributed by atoms with Crippen molar-refractivity contribution in [3.63, 3.8) is 0 Å². The Kier molecular flexibility index (Phi) is 31.2. The number of hydrogen-bond donors (Lipinski definition) is 0. The molecule has 3 aliphatic heterocycles. The molecule has 3 heteroatoms. The van der Waals surface area contributed by atoms with Crippen LogP contribution in [0, 0.1) is 0 Å². The number of fused-ring (bicyclic) bond motifs is 25. The highest BCUT2D eigenvalue weighted by atomic mass is 15.0. The molecule has 15 aromatic rings. The molecule has 546 valence electrons. The van der Waals surface area contributed by atoms with Crippen LogP contribution in [0.25, 0.3) is 116 Å². The summed E-state index contributed by atoms with van der Waals surface area (Å²) in [4.78, 5) is 0. The maximum absolute atomic E-state index is 2.55. The standard InChI is InChI=1S/3C26H17N.12C2H6/c1-3-9-20-16(6-1)12-19-14-25-23(15-22(19)20)21-10-5-8-18-13-17-7-2-4-11-24(17)27(25)26(18)21;1-3-9-20-16(6-1)12-19-14-23-21-10-5-8-18-13-17-7-2-4-11-24(17)27(26(18)21)25(23)15-22(19)20;1-3-9-19-16(6-1)15-23-20(19)12-13-22-21-10-5-8-18-14-17-7-2-4-11-24(17)27(25(18)21)26(22)23;12*1-2/h2*1-11,14-15H,12-13H2;1-13H,14-15H2;12*1-2H3. The van der Waals surface area contributed by atoms with Crippen molar-refractivity contribution in [3.05, 3.63) is 303 Å². The monoisotopic (exact) mass is 1390 g/mol. The largest absolute Gasteiger partial charge is 0.309 e. The van der Waals surface area contributed by atoms with Crippen LogP contribution < -0.4 is 0 Å². The van der Waals surface area contributed by atoms with E-state index in [-0.39, 0.29) is 0 Å². The first-order valence-corrected chi connectivity index (χ1v) is 40.9. The van der Waals surface area contributed by atoms with Crippen LogP contribution in [0.1, 0.15) is 233 Å². The Labute approximate surface area is 633 Å². The molecular weight excluding hydrogens is 1270 g/mol. The number of nitrogens with zero attached hydrogens (tertiary/aromatic N) is 3. The van der Waals surface area contributed by atoms with Crippen LogP contribution >= 0.6 is 0 Å². The summed E-state index contributed by atoms with van der Waals surface area (Å²) in [5.74, 6) is 0. The summed E-state index contributed by atoms with van der Waals surface area (Å²) in [5, 5.41) is 8.29. The van der Waals surface area contributed by atoms with Crippen molar-refractivity contribution in [2.45, 2.75) is 205 Å². The average molecular weight is 1390 g/mol. The van der Waals surface area contributed by atoms with Gasteiger partial charge < -0.3 is 13.7 Å². The Balaban J connectivity index is 0.000000192. The second-order valence-corrected chi connectivity index (χ2v) is 23.4. The smallest absolute Gasteiger partial charge is 0.0582 e. The van der Waals surface area contributed by atoms with Crippen LogP contribution in [-0.4, -0.2) is 13.7 Å². The van der Waals surface area contributed by atoms with Crippen LogP contribution in [0.5, 0.6) is 0 Å². The van der Waals surface area contributed by atoms with Gasteiger partial charge in [-0.25, -0.2) is 0 Å². The van der Waals surface area contributed by atoms with Gasteiger partial charge in [0.05, 0.1) is 33.1 Å². The van der Waals surface area contributed by atoms with E-state index in [2.05, 4.69) is 250 Å². The highest BCUT2D eigenvalue weighted by molar-refractivity contribution is 6.16. The van der Waals surface area contributed by atoms with Crippen molar-refractivity contribution in [2.75, 3.05) is 0 Å². The molecule has 105 heavy (non-hydrogen) atoms. The number of hydrogen-bond acceptors (Lipinski definition) is 0. The van der Waals surface area contributed by atoms with Crippen molar-refractivity contribution in [1.29, 1.82) is 0 Å². The van der Waals surface area contributed by atoms with Crippen molar-refractivity contribution >= 4 is 65.4 Å². The Hall–Kier alpha value is -9.96. The zero-order valence-corrected chi connectivity index (χ0v) is 68.6. The minimum absolute atomic E-state index is 1.02. The lowest BCUT2D eigenvalue weighted by atomic mass is 9.97. The summed E-state index contributed by atoms with van der Waals surface area (Å²) in [7, 11) is 0. The summed E-state index contributed by atoms with van der Waals surface area (Å²) >= 11 is 0. The maximum Gasteiger partial charge on any atom is 0.0582 e. The third-order valence-electron chi connectivity index (χ3n) is 19.2. The third-order valence-corrected chi connectivity index (χ3v) is 19.2. The number of para-hydroxylation sites is 6. The van der Waals surface area contributed by atoms with Gasteiger partial charge in [-0.1, -0.05) is 360 Å². The molecule has 3 aliphatic carbocycles. The lowest BCUT2D eigenvalue weighted by molar-refractivity contribution is 1.04. The summed E-state index contributed by atoms with van der Waals surface area (Å²) < 4.78 is 7.55. The molecule has 0 spiro atoms. The number of benzene rings is 12. The second kappa shape index (κ2) is 39.8. The molecule has 3 aromatic heterocycles. The first-order valence-electron chi connectivity index (χ1n) is 40.9. The lowest BCUT2D eigenvalue weighted by Crippen LogP contribution is -2.08. The van der Waals surface area contributed by atoms with Gasteiger partial charge in [0.2, 0.25) is 0 Å². The molecule has 21 rings (SSSR count). The molecule has 12 aromatic carbocycles. The highest BCUT2D eigenvalue weighted by Gasteiger charge is 2.30. The van der Waals surface area contributed by atoms with Crippen molar-refractivity contribution in [1.82, 2.24) is 13.7 Å². The fourth-order valence-electron chi connectivity index (χ4n) is 15.8. The first-order chi connectivity index (χ1) is 52.2. The minimum atomic E-state index is 1.02. The predicted molar refractivity (Wildman–Crippen MR) is 472 cm³/mol. The molecule has 0 radical (unpaired) electrons.